The molecule has 90 valence electrons. The van der Waals surface area contributed by atoms with Crippen LogP contribution in [0.25, 0.3) is 0 Å². The lowest BCUT2D eigenvalue weighted by Crippen LogP contribution is -1.97. The zero-order valence-electron chi connectivity index (χ0n) is 9.24. The van der Waals surface area contributed by atoms with Crippen molar-refractivity contribution < 1.29 is 0 Å². The molecule has 0 saturated carbocycles. The number of halogens is 2. The zero-order valence-corrected chi connectivity index (χ0v) is 12.4. The summed E-state index contributed by atoms with van der Waals surface area (Å²) < 4.78 is 1.90. The van der Waals surface area contributed by atoms with Crippen molar-refractivity contribution >= 4 is 48.9 Å². The third-order valence-corrected chi connectivity index (χ3v) is 3.53. The van der Waals surface area contributed by atoms with Gasteiger partial charge in [-0.15, -0.1) is 0 Å². The lowest BCUT2D eigenvalue weighted by atomic mass is 10.2. The molecular formula is C13H9Br2N3. The topological polar surface area (TPSA) is 61.8 Å². The fraction of sp³-hybridized carbons (Fsp3) is 0. The molecule has 0 fully saturated rings. The summed E-state index contributed by atoms with van der Waals surface area (Å²) >= 11 is 6.86. The third kappa shape index (κ3) is 2.84. The molecule has 2 rings (SSSR count). The van der Waals surface area contributed by atoms with Crippen LogP contribution in [0.5, 0.6) is 0 Å². The minimum Gasteiger partial charge on any atom is -0.397 e. The molecule has 0 heterocycles. The van der Waals surface area contributed by atoms with Crippen LogP contribution in [0.4, 0.5) is 17.1 Å². The fourth-order valence-corrected chi connectivity index (χ4v) is 2.62. The van der Waals surface area contributed by atoms with Crippen LogP contribution in [0.15, 0.2) is 45.3 Å². The molecule has 2 aromatic rings. The van der Waals surface area contributed by atoms with Gasteiger partial charge in [-0.1, -0.05) is 15.9 Å². The Morgan fingerprint density at radius 2 is 1.83 bits per heavy atom. The summed E-state index contributed by atoms with van der Waals surface area (Å²) in [5.74, 6) is 0. The maximum atomic E-state index is 8.88. The lowest BCUT2D eigenvalue weighted by molar-refractivity contribution is 1.46. The van der Waals surface area contributed by atoms with Crippen LogP contribution >= 0.6 is 31.9 Å². The van der Waals surface area contributed by atoms with Crippen molar-refractivity contribution in [2.45, 2.75) is 0 Å². The third-order valence-electron chi connectivity index (χ3n) is 2.38. The number of nitrogens with zero attached hydrogens (tertiary/aromatic N) is 1. The van der Waals surface area contributed by atoms with Crippen LogP contribution < -0.4 is 11.1 Å². The first-order chi connectivity index (χ1) is 8.60. The average molecular weight is 367 g/mol. The summed E-state index contributed by atoms with van der Waals surface area (Å²) in [6, 6.07) is 13.0. The molecule has 3 nitrogen and oxygen atoms in total. The predicted octanol–water partition coefficient (Wildman–Crippen LogP) is 4.41. The molecule has 0 spiro atoms. The molecule has 0 saturated heterocycles. The molecule has 0 bridgehead atoms. The van der Waals surface area contributed by atoms with E-state index >= 15 is 0 Å². The molecule has 0 atom stereocenters. The van der Waals surface area contributed by atoms with E-state index in [2.05, 4.69) is 43.2 Å². The first kappa shape index (κ1) is 12.9. The Balaban J connectivity index is 2.37. The number of benzene rings is 2. The van der Waals surface area contributed by atoms with Gasteiger partial charge in [0.2, 0.25) is 0 Å². The van der Waals surface area contributed by atoms with Crippen molar-refractivity contribution in [2.24, 2.45) is 0 Å². The van der Waals surface area contributed by atoms with E-state index in [9.17, 15) is 0 Å². The van der Waals surface area contributed by atoms with Crippen molar-refractivity contribution in [3.63, 3.8) is 0 Å². The van der Waals surface area contributed by atoms with E-state index < -0.39 is 0 Å². The molecule has 0 radical (unpaired) electrons. The van der Waals surface area contributed by atoms with Gasteiger partial charge in [-0.2, -0.15) is 5.26 Å². The van der Waals surface area contributed by atoms with Crippen LogP contribution in [0.2, 0.25) is 0 Å². The second kappa shape index (κ2) is 5.42. The molecule has 0 unspecified atom stereocenters. The van der Waals surface area contributed by atoms with Gasteiger partial charge >= 0.3 is 0 Å². The summed E-state index contributed by atoms with van der Waals surface area (Å²) in [5.41, 5.74) is 8.65. The Morgan fingerprint density at radius 1 is 1.06 bits per heavy atom. The first-order valence-electron chi connectivity index (χ1n) is 5.12. The van der Waals surface area contributed by atoms with Gasteiger partial charge < -0.3 is 11.1 Å². The normalized spacial score (nSPS) is 9.83. The highest BCUT2D eigenvalue weighted by molar-refractivity contribution is 9.11. The van der Waals surface area contributed by atoms with Crippen LogP contribution in [0.1, 0.15) is 5.56 Å². The van der Waals surface area contributed by atoms with Crippen molar-refractivity contribution in [1.29, 1.82) is 5.26 Å². The smallest absolute Gasteiger partial charge is 0.0992 e. The maximum Gasteiger partial charge on any atom is 0.0992 e. The summed E-state index contributed by atoms with van der Waals surface area (Å²) in [7, 11) is 0. The highest BCUT2D eigenvalue weighted by atomic mass is 79.9. The summed E-state index contributed by atoms with van der Waals surface area (Å²) in [6.07, 6.45) is 0. The summed E-state index contributed by atoms with van der Waals surface area (Å²) in [6.45, 7) is 0. The monoisotopic (exact) mass is 365 g/mol. The van der Waals surface area contributed by atoms with Crippen LogP contribution in [-0.2, 0) is 0 Å². The molecule has 0 aromatic heterocycles. The van der Waals surface area contributed by atoms with E-state index in [1.54, 1.807) is 18.2 Å². The van der Waals surface area contributed by atoms with Crippen molar-refractivity contribution in [1.82, 2.24) is 0 Å². The van der Waals surface area contributed by atoms with Crippen LogP contribution in [0, 0.1) is 11.3 Å². The number of nitrogens with two attached hydrogens (primary N) is 1. The number of nitrogens with one attached hydrogen (secondary N) is 1. The first-order valence-corrected chi connectivity index (χ1v) is 6.70. The molecule has 0 aliphatic carbocycles. The second-order valence-corrected chi connectivity index (χ2v) is 5.43. The largest absolute Gasteiger partial charge is 0.397 e. The van der Waals surface area contributed by atoms with Gasteiger partial charge in [0.15, 0.2) is 0 Å². The second-order valence-electron chi connectivity index (χ2n) is 3.66. The Labute approximate surface area is 122 Å². The quantitative estimate of drug-likeness (QED) is 0.774. The van der Waals surface area contributed by atoms with Gasteiger partial charge in [-0.05, 0) is 52.3 Å². The molecule has 5 heteroatoms. The summed E-state index contributed by atoms with van der Waals surface area (Å²) in [4.78, 5) is 0. The molecular weight excluding hydrogens is 358 g/mol. The Morgan fingerprint density at radius 3 is 2.50 bits per heavy atom. The lowest BCUT2D eigenvalue weighted by Gasteiger charge is -2.11. The number of nitriles is 1. The molecule has 0 aliphatic heterocycles. The molecule has 0 aliphatic rings. The molecule has 2 aromatic carbocycles. The Hall–Kier alpha value is -1.51. The standard InChI is InChI=1S/C13H9Br2N3/c14-9-2-4-12(10(15)6-9)18-13-5-8(7-16)1-3-11(13)17/h1-6,18H,17H2. The maximum absolute atomic E-state index is 8.88. The van der Waals surface area contributed by atoms with E-state index in [-0.39, 0.29) is 0 Å². The van der Waals surface area contributed by atoms with Crippen LogP contribution in [0.3, 0.4) is 0 Å². The molecule has 0 amide bonds. The van der Waals surface area contributed by atoms with Gasteiger partial charge in [0.05, 0.1) is 28.7 Å². The van der Waals surface area contributed by atoms with E-state index in [4.69, 9.17) is 11.0 Å². The number of rotatable bonds is 2. The number of anilines is 3. The molecule has 18 heavy (non-hydrogen) atoms. The Kier molecular flexibility index (Phi) is 3.90. The average Bonchev–Trinajstić information content (AvgIpc) is 2.35. The van der Waals surface area contributed by atoms with Gasteiger partial charge in [-0.3, -0.25) is 0 Å². The predicted molar refractivity (Wildman–Crippen MR) is 80.7 cm³/mol. The van der Waals surface area contributed by atoms with Gasteiger partial charge in [0, 0.05) is 8.95 Å². The number of hydrogen-bond donors (Lipinski definition) is 2. The van der Waals surface area contributed by atoms with Crippen molar-refractivity contribution in [2.75, 3.05) is 11.1 Å². The van der Waals surface area contributed by atoms with Crippen molar-refractivity contribution in [3.05, 3.63) is 50.9 Å². The number of hydrogen-bond acceptors (Lipinski definition) is 3. The minimum atomic E-state index is 0.569. The van der Waals surface area contributed by atoms with E-state index in [0.717, 1.165) is 20.3 Å². The number of nitrogen functional groups attached to an aromatic ring is 1. The fourth-order valence-electron chi connectivity index (χ4n) is 1.47. The van der Waals surface area contributed by atoms with Gasteiger partial charge in [-0.25, -0.2) is 0 Å². The highest BCUT2D eigenvalue weighted by Crippen LogP contribution is 2.31. The SMILES string of the molecule is N#Cc1ccc(N)c(Nc2ccc(Br)cc2Br)c1. The van der Waals surface area contributed by atoms with E-state index in [1.165, 1.54) is 0 Å². The van der Waals surface area contributed by atoms with Gasteiger partial charge in [0.25, 0.3) is 0 Å². The Bertz CT molecular complexity index is 633. The highest BCUT2D eigenvalue weighted by Gasteiger charge is 2.05. The zero-order chi connectivity index (χ0) is 13.1. The van der Waals surface area contributed by atoms with Crippen LogP contribution in [-0.4, -0.2) is 0 Å². The van der Waals surface area contributed by atoms with E-state index in [1.807, 2.05) is 18.2 Å². The molecule has 3 N–H and O–H groups in total. The van der Waals surface area contributed by atoms with Gasteiger partial charge in [0.1, 0.15) is 0 Å². The minimum absolute atomic E-state index is 0.569. The van der Waals surface area contributed by atoms with Crippen molar-refractivity contribution in [3.8, 4) is 6.07 Å². The van der Waals surface area contributed by atoms with E-state index in [0.29, 0.717) is 11.3 Å². The summed E-state index contributed by atoms with van der Waals surface area (Å²) in [5, 5.41) is 12.1.